The highest BCUT2D eigenvalue weighted by atomic mass is 16.2. The molecule has 0 heterocycles. The molecule has 0 bridgehead atoms. The van der Waals surface area contributed by atoms with Crippen molar-refractivity contribution < 1.29 is 19.9 Å². The van der Waals surface area contributed by atoms with E-state index < -0.39 is 5.54 Å². The fourth-order valence-corrected chi connectivity index (χ4v) is 3.73. The number of unbranched alkanes of at least 4 members (excludes halogenated alkanes) is 12. The Morgan fingerprint density at radius 2 is 0.733 bits per heavy atom. The molecular formula is C25H49NO4. The maximum absolute atomic E-state index is 12.9. The van der Waals surface area contributed by atoms with Crippen LogP contribution in [-0.4, -0.2) is 28.4 Å². The zero-order chi connectivity index (χ0) is 22.0. The van der Waals surface area contributed by atoms with Crippen molar-refractivity contribution in [1.82, 2.24) is 0 Å². The lowest BCUT2D eigenvalue weighted by Gasteiger charge is -2.25. The van der Waals surface area contributed by atoms with Crippen LogP contribution in [0.2, 0.25) is 0 Å². The SMILES string of the molecule is CCCCCCCC(=O)C(N)(C(=O)CCCCCCC)C(=O)CCCCCCC.O. The van der Waals surface area contributed by atoms with Gasteiger partial charge in [0.05, 0.1) is 0 Å². The van der Waals surface area contributed by atoms with Crippen LogP contribution in [0.3, 0.4) is 0 Å². The van der Waals surface area contributed by atoms with Crippen LogP contribution >= 0.6 is 0 Å². The predicted molar refractivity (Wildman–Crippen MR) is 126 cm³/mol. The summed E-state index contributed by atoms with van der Waals surface area (Å²) in [5.74, 6) is -1.07. The molecule has 178 valence electrons. The molecule has 0 radical (unpaired) electrons. The van der Waals surface area contributed by atoms with Crippen molar-refractivity contribution in [2.24, 2.45) is 5.73 Å². The molecule has 0 fully saturated rings. The molecule has 0 aromatic heterocycles. The third-order valence-electron chi connectivity index (χ3n) is 5.84. The normalized spacial score (nSPS) is 11.2. The van der Waals surface area contributed by atoms with Gasteiger partial charge in [0.1, 0.15) is 0 Å². The lowest BCUT2D eigenvalue weighted by Crippen LogP contribution is -2.61. The van der Waals surface area contributed by atoms with E-state index in [4.69, 9.17) is 5.73 Å². The summed E-state index contributed by atoms with van der Waals surface area (Å²) in [7, 11) is 0. The van der Waals surface area contributed by atoms with Crippen LogP contribution in [-0.2, 0) is 14.4 Å². The van der Waals surface area contributed by atoms with Crippen LogP contribution < -0.4 is 5.73 Å². The predicted octanol–water partition coefficient (Wildman–Crippen LogP) is 5.65. The summed E-state index contributed by atoms with van der Waals surface area (Å²) >= 11 is 0. The number of hydrogen-bond acceptors (Lipinski definition) is 4. The van der Waals surface area contributed by atoms with Gasteiger partial charge in [0.15, 0.2) is 22.9 Å². The minimum absolute atomic E-state index is 0. The first-order valence-corrected chi connectivity index (χ1v) is 12.3. The third-order valence-corrected chi connectivity index (χ3v) is 5.84. The van der Waals surface area contributed by atoms with Gasteiger partial charge in [-0.25, -0.2) is 0 Å². The summed E-state index contributed by atoms with van der Waals surface area (Å²) in [6.45, 7) is 6.44. The molecule has 0 unspecified atom stereocenters. The average molecular weight is 428 g/mol. The lowest BCUT2D eigenvalue weighted by molar-refractivity contribution is -0.142. The van der Waals surface area contributed by atoms with Crippen LogP contribution in [0.15, 0.2) is 0 Å². The van der Waals surface area contributed by atoms with E-state index in [1.807, 2.05) is 0 Å². The molecule has 5 heteroatoms. The molecule has 0 aliphatic carbocycles. The molecule has 0 aromatic rings. The Morgan fingerprint density at radius 3 is 0.967 bits per heavy atom. The molecule has 0 rings (SSSR count). The number of rotatable bonds is 21. The van der Waals surface area contributed by atoms with E-state index in [-0.39, 0.29) is 42.1 Å². The molecule has 0 saturated heterocycles. The third kappa shape index (κ3) is 12.6. The minimum Gasteiger partial charge on any atom is -0.412 e. The standard InChI is InChI=1S/C25H47NO3.H2O/c1-4-7-10-13-16-19-22(27)25(26,23(28)20-17-14-11-8-5-2)24(29)21-18-15-12-9-6-3;/h4-21,26H2,1-3H3;1H2. The Hall–Kier alpha value is -1.07. The van der Waals surface area contributed by atoms with Gasteiger partial charge < -0.3 is 11.2 Å². The Bertz CT molecular complexity index is 397. The molecule has 0 aromatic carbocycles. The quantitative estimate of drug-likeness (QED) is 0.188. The second kappa shape index (κ2) is 19.9. The highest BCUT2D eigenvalue weighted by molar-refractivity contribution is 6.29. The van der Waals surface area contributed by atoms with Crippen LogP contribution in [0, 0.1) is 0 Å². The van der Waals surface area contributed by atoms with Crippen LogP contribution in [0.5, 0.6) is 0 Å². The fraction of sp³-hybridized carbons (Fsp3) is 0.880. The summed E-state index contributed by atoms with van der Waals surface area (Å²) < 4.78 is 0. The van der Waals surface area contributed by atoms with Gasteiger partial charge in [-0.1, -0.05) is 97.8 Å². The summed E-state index contributed by atoms with van der Waals surface area (Å²) in [4.78, 5) is 38.7. The molecule has 0 aliphatic heterocycles. The van der Waals surface area contributed by atoms with E-state index in [2.05, 4.69) is 20.8 Å². The van der Waals surface area contributed by atoms with Gasteiger partial charge >= 0.3 is 0 Å². The van der Waals surface area contributed by atoms with Gasteiger partial charge in [-0.3, -0.25) is 14.4 Å². The molecule has 0 aliphatic rings. The first-order chi connectivity index (χ1) is 13.9. The van der Waals surface area contributed by atoms with Crippen LogP contribution in [0.25, 0.3) is 0 Å². The Morgan fingerprint density at radius 1 is 0.500 bits per heavy atom. The number of carbonyl (C=O) groups excluding carboxylic acids is 3. The monoisotopic (exact) mass is 427 g/mol. The van der Waals surface area contributed by atoms with Crippen molar-refractivity contribution in [2.45, 2.75) is 142 Å². The van der Waals surface area contributed by atoms with E-state index in [0.717, 1.165) is 77.0 Å². The molecule has 0 amide bonds. The van der Waals surface area contributed by atoms with Crippen molar-refractivity contribution in [3.63, 3.8) is 0 Å². The lowest BCUT2D eigenvalue weighted by atomic mass is 9.79. The van der Waals surface area contributed by atoms with E-state index in [0.29, 0.717) is 19.3 Å². The van der Waals surface area contributed by atoms with Crippen molar-refractivity contribution in [1.29, 1.82) is 0 Å². The van der Waals surface area contributed by atoms with E-state index in [9.17, 15) is 14.4 Å². The molecule has 30 heavy (non-hydrogen) atoms. The van der Waals surface area contributed by atoms with Gasteiger partial charge in [-0.15, -0.1) is 0 Å². The first kappa shape index (κ1) is 31.1. The van der Waals surface area contributed by atoms with Crippen molar-refractivity contribution in [2.75, 3.05) is 0 Å². The van der Waals surface area contributed by atoms with Gasteiger partial charge in [-0.2, -0.15) is 0 Å². The number of Topliss-reactive ketones (excluding diaryl/α,β-unsaturated/α-hetero) is 3. The molecule has 4 N–H and O–H groups in total. The van der Waals surface area contributed by atoms with Crippen molar-refractivity contribution >= 4 is 17.3 Å². The van der Waals surface area contributed by atoms with Crippen LogP contribution in [0.4, 0.5) is 0 Å². The van der Waals surface area contributed by atoms with Gasteiger partial charge in [0.25, 0.3) is 0 Å². The Balaban J connectivity index is 0. The van der Waals surface area contributed by atoms with Gasteiger partial charge in [0, 0.05) is 19.3 Å². The zero-order valence-corrected chi connectivity index (χ0v) is 20.0. The maximum atomic E-state index is 12.9. The molecular weight excluding hydrogens is 378 g/mol. The maximum Gasteiger partial charge on any atom is 0.193 e. The topological polar surface area (TPSA) is 109 Å². The average Bonchev–Trinajstić information content (AvgIpc) is 2.72. The van der Waals surface area contributed by atoms with E-state index in [1.165, 1.54) is 0 Å². The second-order valence-corrected chi connectivity index (χ2v) is 8.57. The minimum atomic E-state index is -1.90. The Labute approximate surface area is 185 Å². The summed E-state index contributed by atoms with van der Waals surface area (Å²) in [5.41, 5.74) is 4.40. The molecule has 0 spiro atoms. The summed E-state index contributed by atoms with van der Waals surface area (Å²) in [5, 5.41) is 0. The molecule has 0 saturated carbocycles. The van der Waals surface area contributed by atoms with E-state index in [1.54, 1.807) is 0 Å². The zero-order valence-electron chi connectivity index (χ0n) is 20.0. The van der Waals surface area contributed by atoms with Crippen molar-refractivity contribution in [3.05, 3.63) is 0 Å². The number of carbonyl (C=O) groups is 3. The number of ketones is 3. The molecule has 0 atom stereocenters. The number of hydrogen-bond donors (Lipinski definition) is 1. The molecule has 5 nitrogen and oxygen atoms in total. The largest absolute Gasteiger partial charge is 0.412 e. The smallest absolute Gasteiger partial charge is 0.193 e. The Kier molecular flexibility index (Phi) is 20.6. The second-order valence-electron chi connectivity index (χ2n) is 8.57. The first-order valence-electron chi connectivity index (χ1n) is 12.3. The van der Waals surface area contributed by atoms with Gasteiger partial charge in [-0.05, 0) is 19.3 Å². The van der Waals surface area contributed by atoms with E-state index >= 15 is 0 Å². The highest BCUT2D eigenvalue weighted by Crippen LogP contribution is 2.20. The van der Waals surface area contributed by atoms with Gasteiger partial charge in [0.2, 0.25) is 0 Å². The number of nitrogens with two attached hydrogens (primary N) is 1. The van der Waals surface area contributed by atoms with Crippen LogP contribution in [0.1, 0.15) is 136 Å². The highest BCUT2D eigenvalue weighted by Gasteiger charge is 2.46. The summed E-state index contributed by atoms with van der Waals surface area (Å²) in [6.07, 6.45) is 15.8. The summed E-state index contributed by atoms with van der Waals surface area (Å²) in [6, 6.07) is 0. The van der Waals surface area contributed by atoms with Crippen molar-refractivity contribution in [3.8, 4) is 0 Å². The fourth-order valence-electron chi connectivity index (χ4n) is 3.73.